The minimum absolute atomic E-state index is 0.125. The molecule has 0 aliphatic carbocycles. The highest BCUT2D eigenvalue weighted by Crippen LogP contribution is 2.31. The summed E-state index contributed by atoms with van der Waals surface area (Å²) in [6, 6.07) is 14.3. The second kappa shape index (κ2) is 8.78. The maximum Gasteiger partial charge on any atom is 0.330 e. The van der Waals surface area contributed by atoms with Crippen LogP contribution in [0.2, 0.25) is 0 Å². The predicted molar refractivity (Wildman–Crippen MR) is 118 cm³/mol. The number of ether oxygens (including phenoxy) is 1. The van der Waals surface area contributed by atoms with Crippen LogP contribution >= 0.6 is 0 Å². The number of hydrogen-bond acceptors (Lipinski definition) is 6. The molecule has 3 amide bonds. The van der Waals surface area contributed by atoms with Gasteiger partial charge in [-0.25, -0.2) is 9.80 Å². The standard InChI is InChI=1S/C25H25N3O5/c29-22-18-10-4-5-11-19(18)23(30)27(22)20-12-6-14-26-15-7-13-21(28(26)24(20)31)25(32)33-16-17-8-2-1-3-9-17/h1-5,8-11,20-21H,6-7,12-16H2/t20-,21-/m0/s1. The third-order valence-corrected chi connectivity index (χ3v) is 6.53. The number of benzene rings is 2. The van der Waals surface area contributed by atoms with E-state index in [2.05, 4.69) is 0 Å². The Morgan fingerprint density at radius 2 is 1.45 bits per heavy atom. The summed E-state index contributed by atoms with van der Waals surface area (Å²) in [5.41, 5.74) is 1.49. The van der Waals surface area contributed by atoms with Crippen molar-refractivity contribution in [3.8, 4) is 0 Å². The number of imide groups is 1. The molecule has 0 bridgehead atoms. The van der Waals surface area contributed by atoms with Gasteiger partial charge in [0, 0.05) is 13.1 Å². The molecular weight excluding hydrogens is 422 g/mol. The number of fused-ring (bicyclic) bond motifs is 2. The molecule has 0 unspecified atom stereocenters. The van der Waals surface area contributed by atoms with Gasteiger partial charge in [0.15, 0.2) is 0 Å². The van der Waals surface area contributed by atoms with E-state index in [1.807, 2.05) is 35.3 Å². The number of hydrazine groups is 1. The topological polar surface area (TPSA) is 87.2 Å². The molecule has 2 saturated heterocycles. The van der Waals surface area contributed by atoms with Crippen molar-refractivity contribution in [2.75, 3.05) is 13.1 Å². The minimum Gasteiger partial charge on any atom is -0.459 e. The van der Waals surface area contributed by atoms with Gasteiger partial charge in [-0.1, -0.05) is 42.5 Å². The summed E-state index contributed by atoms with van der Waals surface area (Å²) in [5, 5.41) is 3.33. The van der Waals surface area contributed by atoms with Crippen LogP contribution in [0.1, 0.15) is 52.0 Å². The van der Waals surface area contributed by atoms with Crippen LogP contribution in [0.4, 0.5) is 0 Å². The van der Waals surface area contributed by atoms with Crippen molar-refractivity contribution < 1.29 is 23.9 Å². The van der Waals surface area contributed by atoms with Crippen molar-refractivity contribution in [1.29, 1.82) is 0 Å². The normalized spacial score (nSPS) is 23.2. The van der Waals surface area contributed by atoms with Crippen LogP contribution in [0.3, 0.4) is 0 Å². The van der Waals surface area contributed by atoms with E-state index < -0.39 is 35.8 Å². The second-order valence-corrected chi connectivity index (χ2v) is 8.57. The van der Waals surface area contributed by atoms with Gasteiger partial charge >= 0.3 is 5.97 Å². The SMILES string of the molecule is O=C(OCc1ccccc1)[C@@H]1CCCN2CCC[C@H](N3C(=O)c4ccccc4C3=O)C(=O)N12. The summed E-state index contributed by atoms with van der Waals surface area (Å²) in [6.45, 7) is 1.34. The largest absolute Gasteiger partial charge is 0.459 e. The lowest BCUT2D eigenvalue weighted by Gasteiger charge is -2.43. The fourth-order valence-electron chi connectivity index (χ4n) is 4.92. The average molecular weight is 447 g/mol. The Kier molecular flexibility index (Phi) is 5.68. The van der Waals surface area contributed by atoms with Crippen molar-refractivity contribution in [1.82, 2.24) is 14.9 Å². The van der Waals surface area contributed by atoms with Crippen LogP contribution in [0.5, 0.6) is 0 Å². The molecule has 2 fully saturated rings. The monoisotopic (exact) mass is 447 g/mol. The van der Waals surface area contributed by atoms with E-state index >= 15 is 0 Å². The van der Waals surface area contributed by atoms with Crippen LogP contribution in [0, 0.1) is 0 Å². The molecule has 8 nitrogen and oxygen atoms in total. The first-order chi connectivity index (χ1) is 16.1. The molecule has 0 saturated carbocycles. The van der Waals surface area contributed by atoms with E-state index in [0.717, 1.165) is 16.9 Å². The quantitative estimate of drug-likeness (QED) is 0.528. The molecule has 2 atom stereocenters. The van der Waals surface area contributed by atoms with Crippen LogP contribution in [0.25, 0.3) is 0 Å². The minimum atomic E-state index is -0.940. The second-order valence-electron chi connectivity index (χ2n) is 8.57. The molecule has 0 aromatic heterocycles. The first kappa shape index (κ1) is 21.3. The first-order valence-electron chi connectivity index (χ1n) is 11.3. The summed E-state index contributed by atoms with van der Waals surface area (Å²) in [4.78, 5) is 53.9. The molecule has 5 rings (SSSR count). The van der Waals surface area contributed by atoms with Gasteiger partial charge in [-0.15, -0.1) is 0 Å². The van der Waals surface area contributed by atoms with Crippen molar-refractivity contribution in [2.45, 2.75) is 44.4 Å². The first-order valence-corrected chi connectivity index (χ1v) is 11.3. The highest BCUT2D eigenvalue weighted by molar-refractivity contribution is 6.22. The molecule has 170 valence electrons. The fraction of sp³-hybridized carbons (Fsp3) is 0.360. The zero-order valence-electron chi connectivity index (χ0n) is 18.2. The fourth-order valence-corrected chi connectivity index (χ4v) is 4.92. The van der Waals surface area contributed by atoms with Gasteiger partial charge in [-0.3, -0.25) is 24.3 Å². The highest BCUT2D eigenvalue weighted by Gasteiger charge is 2.48. The van der Waals surface area contributed by atoms with E-state index in [1.165, 1.54) is 5.01 Å². The number of carbonyl (C=O) groups excluding carboxylic acids is 4. The Morgan fingerprint density at radius 1 is 0.848 bits per heavy atom. The van der Waals surface area contributed by atoms with Gasteiger partial charge in [0.05, 0.1) is 11.1 Å². The average Bonchev–Trinajstić information content (AvgIpc) is 2.98. The number of esters is 1. The van der Waals surface area contributed by atoms with Gasteiger partial charge in [0.2, 0.25) is 0 Å². The molecule has 0 N–H and O–H groups in total. The summed E-state index contributed by atoms with van der Waals surface area (Å²) in [6.07, 6.45) is 2.23. The summed E-state index contributed by atoms with van der Waals surface area (Å²) in [7, 11) is 0. The molecule has 3 aliphatic heterocycles. The molecule has 0 spiro atoms. The number of hydrogen-bond donors (Lipinski definition) is 0. The van der Waals surface area contributed by atoms with Gasteiger partial charge in [0.25, 0.3) is 17.7 Å². The molecule has 33 heavy (non-hydrogen) atoms. The van der Waals surface area contributed by atoms with Crippen molar-refractivity contribution >= 4 is 23.7 Å². The van der Waals surface area contributed by atoms with Gasteiger partial charge < -0.3 is 4.74 Å². The Hall–Kier alpha value is -3.52. The zero-order chi connectivity index (χ0) is 22.9. The van der Waals surface area contributed by atoms with Crippen LogP contribution < -0.4 is 0 Å². The van der Waals surface area contributed by atoms with E-state index in [9.17, 15) is 19.2 Å². The van der Waals surface area contributed by atoms with Crippen molar-refractivity contribution in [2.24, 2.45) is 0 Å². The van der Waals surface area contributed by atoms with Gasteiger partial charge in [-0.2, -0.15) is 0 Å². The van der Waals surface area contributed by atoms with Crippen LogP contribution in [-0.4, -0.2) is 63.8 Å². The summed E-state index contributed by atoms with van der Waals surface area (Å²) < 4.78 is 5.55. The predicted octanol–water partition coefficient (Wildman–Crippen LogP) is 2.40. The Labute approximate surface area is 191 Å². The van der Waals surface area contributed by atoms with Crippen LogP contribution in [0.15, 0.2) is 54.6 Å². The molecular formula is C25H25N3O5. The van der Waals surface area contributed by atoms with Gasteiger partial charge in [-0.05, 0) is 43.4 Å². The van der Waals surface area contributed by atoms with E-state index in [1.54, 1.807) is 24.3 Å². The Morgan fingerprint density at radius 3 is 2.12 bits per heavy atom. The zero-order valence-corrected chi connectivity index (χ0v) is 18.2. The molecule has 3 aliphatic rings. The molecule has 8 heteroatoms. The molecule has 3 heterocycles. The third kappa shape index (κ3) is 3.80. The number of nitrogens with zero attached hydrogens (tertiary/aromatic N) is 3. The van der Waals surface area contributed by atoms with Gasteiger partial charge in [0.1, 0.15) is 18.7 Å². The molecule has 2 aromatic rings. The van der Waals surface area contributed by atoms with Crippen molar-refractivity contribution in [3.63, 3.8) is 0 Å². The van der Waals surface area contributed by atoms with E-state index in [4.69, 9.17) is 4.74 Å². The smallest absolute Gasteiger partial charge is 0.330 e. The number of rotatable bonds is 4. The number of carbonyl (C=O) groups is 4. The van der Waals surface area contributed by atoms with E-state index in [-0.39, 0.29) is 6.61 Å². The lowest BCUT2D eigenvalue weighted by molar-refractivity contribution is -0.179. The summed E-state index contributed by atoms with van der Waals surface area (Å²) >= 11 is 0. The van der Waals surface area contributed by atoms with Crippen molar-refractivity contribution in [3.05, 3.63) is 71.3 Å². The lowest BCUT2D eigenvalue weighted by Crippen LogP contribution is -2.61. The Balaban J connectivity index is 1.38. The molecule has 0 radical (unpaired) electrons. The highest BCUT2D eigenvalue weighted by atomic mass is 16.5. The number of amides is 3. The maximum absolute atomic E-state index is 13.7. The van der Waals surface area contributed by atoms with E-state index in [0.29, 0.717) is 43.5 Å². The maximum atomic E-state index is 13.7. The lowest BCUT2D eigenvalue weighted by atomic mass is 10.1. The Bertz CT molecular complexity index is 1070. The third-order valence-electron chi connectivity index (χ3n) is 6.53. The van der Waals surface area contributed by atoms with Crippen LogP contribution in [-0.2, 0) is 20.9 Å². The summed E-state index contributed by atoms with van der Waals surface area (Å²) in [5.74, 6) is -1.78. The molecule has 2 aromatic carbocycles.